The molecular weight excluding hydrogens is 115 g/mol. The Balaban J connectivity index is 2.54. The van der Waals surface area contributed by atoms with Crippen LogP contribution in [0.3, 0.4) is 0 Å². The predicted octanol–water partition coefficient (Wildman–Crippen LogP) is 2.42. The van der Waals surface area contributed by atoms with E-state index in [9.17, 15) is 0 Å². The van der Waals surface area contributed by atoms with Gasteiger partial charge in [-0.25, -0.2) is 0 Å². The first kappa shape index (κ1) is 8.18. The van der Waals surface area contributed by atoms with Gasteiger partial charge in [-0.15, -0.1) is 0 Å². The van der Waals surface area contributed by atoms with Crippen LogP contribution in [0.5, 0.6) is 0 Å². The van der Waals surface area contributed by atoms with Crippen molar-refractivity contribution in [3.63, 3.8) is 0 Å². The van der Waals surface area contributed by atoms with Gasteiger partial charge >= 0.3 is 72.3 Å². The van der Waals surface area contributed by atoms with Crippen molar-refractivity contribution in [2.75, 3.05) is 0 Å². The van der Waals surface area contributed by atoms with Crippen molar-refractivity contribution < 1.29 is 0 Å². The molecule has 0 aromatic heterocycles. The Kier molecular flexibility index (Phi) is 2.83. The normalized spacial score (nSPS) is 17.7. The third kappa shape index (κ3) is 2.04. The molecule has 1 heteroatoms. The number of hydrogen-bond acceptors (Lipinski definition) is 0. The molecule has 1 aliphatic carbocycles. The molecule has 1 aliphatic rings. The molecule has 0 bridgehead atoms. The fourth-order valence-electron chi connectivity index (χ4n) is 1.33. The van der Waals surface area contributed by atoms with E-state index in [0.29, 0.717) is 0 Å². The Morgan fingerprint density at radius 3 is 2.70 bits per heavy atom. The second-order valence-corrected chi connectivity index (χ2v) is 3.51. The van der Waals surface area contributed by atoms with Gasteiger partial charge in [0.25, 0.3) is 0 Å². The van der Waals surface area contributed by atoms with Crippen molar-refractivity contribution in [1.29, 1.82) is 0 Å². The summed E-state index contributed by atoms with van der Waals surface area (Å²) in [5.74, 6) is 0.799. The van der Waals surface area contributed by atoms with Gasteiger partial charge in [0.15, 0.2) is 0 Å². The van der Waals surface area contributed by atoms with Gasteiger partial charge in [0.05, 0.1) is 0 Å². The van der Waals surface area contributed by atoms with Crippen molar-refractivity contribution in [3.8, 4) is 0 Å². The Morgan fingerprint density at radius 1 is 1.60 bits per heavy atom. The Morgan fingerprint density at radius 2 is 2.30 bits per heavy atom. The molecule has 0 spiro atoms. The maximum absolute atomic E-state index is 2.27. The van der Waals surface area contributed by atoms with E-state index in [4.69, 9.17) is 0 Å². The van der Waals surface area contributed by atoms with Gasteiger partial charge in [-0.05, 0) is 0 Å². The van der Waals surface area contributed by atoms with Crippen LogP contribution < -0.4 is 0 Å². The van der Waals surface area contributed by atoms with Crippen molar-refractivity contribution in [2.45, 2.75) is 26.7 Å². The van der Waals surface area contributed by atoms with Crippen LogP contribution in [0.4, 0.5) is 0 Å². The molecule has 0 fully saturated rings. The maximum atomic E-state index is 2.27. The molecule has 0 saturated carbocycles. The number of rotatable bonds is 2. The molecule has 0 N–H and O–H groups in total. The van der Waals surface area contributed by atoms with E-state index in [1.165, 1.54) is 12.8 Å². The zero-order chi connectivity index (χ0) is 7.56. The van der Waals surface area contributed by atoms with Gasteiger partial charge in [0.2, 0.25) is 0 Å². The van der Waals surface area contributed by atoms with Crippen LogP contribution in [0.25, 0.3) is 0 Å². The van der Waals surface area contributed by atoms with Crippen LogP contribution >= 0.6 is 0 Å². The summed E-state index contributed by atoms with van der Waals surface area (Å²) in [6.45, 7) is 4.54. The molecular formula is C9H13Li. The van der Waals surface area contributed by atoms with Crippen LogP contribution in [0.1, 0.15) is 26.7 Å². The van der Waals surface area contributed by atoms with Gasteiger partial charge in [0, 0.05) is 0 Å². The second kappa shape index (κ2) is 3.46. The number of hydrogen-bond donors (Lipinski definition) is 0. The van der Waals surface area contributed by atoms with Crippen molar-refractivity contribution in [3.05, 3.63) is 22.0 Å². The second-order valence-electron chi connectivity index (χ2n) is 3.51. The van der Waals surface area contributed by atoms with Crippen LogP contribution in [-0.4, -0.2) is 17.7 Å². The standard InChI is InChI=1S/C9H13.Li/c1-8(2)7-9-5-3-4-6-9;/h3,5,8H,4,7H2,1-2H3;. The van der Waals surface area contributed by atoms with E-state index >= 15 is 0 Å². The first-order valence-corrected chi connectivity index (χ1v) is 4.05. The van der Waals surface area contributed by atoms with E-state index in [1.54, 1.807) is 9.82 Å². The first-order chi connectivity index (χ1) is 4.70. The minimum atomic E-state index is 0.799. The fourth-order valence-corrected chi connectivity index (χ4v) is 1.33. The summed E-state index contributed by atoms with van der Waals surface area (Å²) in [6, 6.07) is 0. The van der Waals surface area contributed by atoms with Crippen LogP contribution in [-0.2, 0) is 0 Å². The Hall–Kier alpha value is 0.0774. The molecule has 0 atom stereocenters. The quantitative estimate of drug-likeness (QED) is 0.501. The Bertz CT molecular complexity index is 175. The van der Waals surface area contributed by atoms with Crippen LogP contribution in [0.15, 0.2) is 22.0 Å². The summed E-state index contributed by atoms with van der Waals surface area (Å²) in [6.07, 6.45) is 6.97. The summed E-state index contributed by atoms with van der Waals surface area (Å²) in [4.78, 5) is 0. The molecule has 0 aliphatic heterocycles. The number of allylic oxidation sites excluding steroid dienone is 4. The van der Waals surface area contributed by atoms with Crippen molar-refractivity contribution >= 4 is 17.7 Å². The topological polar surface area (TPSA) is 0 Å². The van der Waals surface area contributed by atoms with Crippen molar-refractivity contribution in [2.24, 2.45) is 5.92 Å². The summed E-state index contributed by atoms with van der Waals surface area (Å²) in [5, 5.41) is 0. The van der Waals surface area contributed by atoms with E-state index in [0.717, 1.165) is 5.92 Å². The molecule has 10 heavy (non-hydrogen) atoms. The van der Waals surface area contributed by atoms with Gasteiger partial charge in [-0.1, -0.05) is 0 Å². The summed E-state index contributed by atoms with van der Waals surface area (Å²) < 4.78 is 1.56. The molecule has 0 radical (unpaired) electrons. The molecule has 50 valence electrons. The van der Waals surface area contributed by atoms with Gasteiger partial charge in [-0.2, -0.15) is 0 Å². The van der Waals surface area contributed by atoms with E-state index < -0.39 is 0 Å². The molecule has 0 unspecified atom stereocenters. The fraction of sp³-hybridized carbons (Fsp3) is 0.556. The zero-order valence-corrected chi connectivity index (χ0v) is 7.15. The van der Waals surface area contributed by atoms with Crippen molar-refractivity contribution in [1.82, 2.24) is 0 Å². The third-order valence-corrected chi connectivity index (χ3v) is 1.92. The molecule has 0 saturated heterocycles. The van der Waals surface area contributed by atoms with Crippen LogP contribution in [0.2, 0.25) is 0 Å². The minimum absolute atomic E-state index is 0.799. The van der Waals surface area contributed by atoms with Crippen LogP contribution in [0, 0.1) is 5.92 Å². The zero-order valence-electron chi connectivity index (χ0n) is 7.15. The summed E-state index contributed by atoms with van der Waals surface area (Å²) >= 11 is 2.23. The molecule has 0 heterocycles. The van der Waals surface area contributed by atoms with E-state index in [1.807, 2.05) is 0 Å². The SMILES string of the molecule is [Li][C]1=C(CC(C)C)C=CC1. The average Bonchev–Trinajstić information content (AvgIpc) is 2.15. The average molecular weight is 128 g/mol. The molecule has 0 nitrogen and oxygen atoms in total. The molecule has 0 amide bonds. The van der Waals surface area contributed by atoms with E-state index in [-0.39, 0.29) is 0 Å². The monoisotopic (exact) mass is 128 g/mol. The summed E-state index contributed by atoms with van der Waals surface area (Å²) in [5.41, 5.74) is 1.56. The summed E-state index contributed by atoms with van der Waals surface area (Å²) in [7, 11) is 0. The van der Waals surface area contributed by atoms with E-state index in [2.05, 4.69) is 43.7 Å². The first-order valence-electron chi connectivity index (χ1n) is 4.05. The van der Waals surface area contributed by atoms with Gasteiger partial charge in [0.1, 0.15) is 0 Å². The molecule has 1 rings (SSSR count). The Labute approximate surface area is 72.6 Å². The van der Waals surface area contributed by atoms with Gasteiger partial charge < -0.3 is 0 Å². The third-order valence-electron chi connectivity index (χ3n) is 1.92. The molecule has 0 aromatic rings. The van der Waals surface area contributed by atoms with Gasteiger partial charge in [-0.3, -0.25) is 0 Å². The predicted molar refractivity (Wildman–Crippen MR) is 46.0 cm³/mol. The molecule has 0 aromatic carbocycles.